The molecule has 1 aromatic heterocycles. The number of tetrazole rings is 1. The quantitative estimate of drug-likeness (QED) is 0.649. The van der Waals surface area contributed by atoms with Gasteiger partial charge in [-0.3, -0.25) is 9.69 Å². The Morgan fingerprint density at radius 1 is 1.29 bits per heavy atom. The number of aryl methyl sites for hydroxylation is 1. The van der Waals surface area contributed by atoms with Crippen molar-refractivity contribution in [2.24, 2.45) is 0 Å². The Morgan fingerprint density at radius 2 is 2.06 bits per heavy atom. The molecule has 2 aromatic carbocycles. The zero-order valence-corrected chi connectivity index (χ0v) is 17.2. The van der Waals surface area contributed by atoms with Crippen molar-refractivity contribution in [2.45, 2.75) is 26.4 Å². The summed E-state index contributed by atoms with van der Waals surface area (Å²) in [6.45, 7) is 3.97. The molecule has 4 rings (SSSR count). The number of nitrogens with one attached hydrogen (secondary N) is 2. The van der Waals surface area contributed by atoms with Crippen LogP contribution in [0.3, 0.4) is 0 Å². The monoisotopic (exact) mass is 426 g/mol. The summed E-state index contributed by atoms with van der Waals surface area (Å²) in [5.41, 5.74) is 2.90. The van der Waals surface area contributed by atoms with Crippen LogP contribution in [0.25, 0.3) is 11.1 Å². The topological polar surface area (TPSA) is 113 Å². The van der Waals surface area contributed by atoms with Crippen molar-refractivity contribution in [3.63, 3.8) is 0 Å². The number of hydrogen-bond donors (Lipinski definition) is 2. The summed E-state index contributed by atoms with van der Waals surface area (Å²) >= 11 is 0. The maximum atomic E-state index is 14.6. The highest BCUT2D eigenvalue weighted by atomic mass is 19.1. The first-order valence-corrected chi connectivity index (χ1v) is 9.75. The Labute approximate surface area is 178 Å². The molecule has 2 N–H and O–H groups in total. The zero-order valence-electron chi connectivity index (χ0n) is 17.2. The van der Waals surface area contributed by atoms with E-state index in [9.17, 15) is 14.0 Å². The van der Waals surface area contributed by atoms with E-state index in [0.717, 1.165) is 12.0 Å². The molecule has 9 nitrogen and oxygen atoms in total. The van der Waals surface area contributed by atoms with Gasteiger partial charge in [0, 0.05) is 12.5 Å². The maximum Gasteiger partial charge on any atom is 0.414 e. The fraction of sp³-hybridized carbons (Fsp3) is 0.286. The lowest BCUT2D eigenvalue weighted by Crippen LogP contribution is -2.33. The van der Waals surface area contributed by atoms with Gasteiger partial charge in [0.1, 0.15) is 11.9 Å². The predicted molar refractivity (Wildman–Crippen MR) is 112 cm³/mol. The molecule has 1 aliphatic rings. The van der Waals surface area contributed by atoms with Crippen molar-refractivity contribution >= 4 is 17.7 Å². The molecule has 0 aliphatic carbocycles. The fourth-order valence-corrected chi connectivity index (χ4v) is 3.05. The number of ether oxygens (including phenoxy) is 1. The van der Waals surface area contributed by atoms with Crippen LogP contribution in [0.5, 0.6) is 0 Å². The third kappa shape index (κ3) is 5.84. The molecule has 1 aliphatic heterocycles. The van der Waals surface area contributed by atoms with Gasteiger partial charge in [-0.1, -0.05) is 36.4 Å². The Balaban J connectivity index is 0.000000478. The normalized spacial score (nSPS) is 15.1. The van der Waals surface area contributed by atoms with Crippen LogP contribution in [0, 0.1) is 5.82 Å². The predicted octanol–water partition coefficient (Wildman–Crippen LogP) is 2.72. The van der Waals surface area contributed by atoms with Gasteiger partial charge in [0.2, 0.25) is 5.91 Å². The van der Waals surface area contributed by atoms with Crippen molar-refractivity contribution in [1.29, 1.82) is 0 Å². The number of aromatic nitrogens is 4. The van der Waals surface area contributed by atoms with Crippen molar-refractivity contribution in [3.05, 3.63) is 60.2 Å². The highest BCUT2D eigenvalue weighted by Gasteiger charge is 2.32. The van der Waals surface area contributed by atoms with Gasteiger partial charge in [0.15, 0.2) is 6.33 Å². The number of carbonyl (C=O) groups is 2. The average molecular weight is 426 g/mol. The van der Waals surface area contributed by atoms with E-state index in [2.05, 4.69) is 32.9 Å². The molecule has 1 saturated heterocycles. The van der Waals surface area contributed by atoms with Gasteiger partial charge in [-0.05, 0) is 35.7 Å². The Morgan fingerprint density at radius 3 is 2.61 bits per heavy atom. The first kappa shape index (κ1) is 21.9. The van der Waals surface area contributed by atoms with Gasteiger partial charge in [-0.2, -0.15) is 5.21 Å². The molecule has 2 heterocycles. The van der Waals surface area contributed by atoms with E-state index in [1.54, 1.807) is 12.1 Å². The smallest absolute Gasteiger partial charge is 0.414 e. The van der Waals surface area contributed by atoms with E-state index < -0.39 is 18.0 Å². The standard InChI is InChI=1S/C20H21FN2O3.CH2N4/c1-3-14-4-6-15(7-5-14)18-9-8-16(10-19(18)21)23-12-17(26-20(23)25)11-22-13(2)24;1-2-4-5-3-1/h4-10,17H,3,11-12H2,1-2H3,(H,22,24);1H,(H,2,3,4,5)/t17-;/m0./s1. The van der Waals surface area contributed by atoms with Crippen LogP contribution < -0.4 is 10.2 Å². The van der Waals surface area contributed by atoms with E-state index in [1.165, 1.54) is 29.8 Å². The van der Waals surface area contributed by atoms with Gasteiger partial charge < -0.3 is 10.1 Å². The number of rotatable bonds is 5. The number of halogens is 1. The van der Waals surface area contributed by atoms with Crippen LogP contribution in [0.2, 0.25) is 0 Å². The highest BCUT2D eigenvalue weighted by molar-refractivity contribution is 5.90. The molecular weight excluding hydrogens is 403 g/mol. The second kappa shape index (κ2) is 10.3. The molecule has 1 atom stereocenters. The molecule has 0 bridgehead atoms. The third-order valence-electron chi connectivity index (χ3n) is 4.66. The summed E-state index contributed by atoms with van der Waals surface area (Å²) in [6.07, 6.45) is 1.27. The number of cyclic esters (lactones) is 1. The van der Waals surface area contributed by atoms with Gasteiger partial charge >= 0.3 is 6.09 Å². The second-order valence-electron chi connectivity index (χ2n) is 6.83. The SMILES string of the molecule is CCc1ccc(-c2ccc(N3C[C@H](CNC(C)=O)OC3=O)cc2F)cc1.c1nn[nH]n1. The summed E-state index contributed by atoms with van der Waals surface area (Å²) < 4.78 is 19.8. The lowest BCUT2D eigenvalue weighted by molar-refractivity contribution is -0.119. The summed E-state index contributed by atoms with van der Waals surface area (Å²) in [7, 11) is 0. The minimum absolute atomic E-state index is 0.191. The van der Waals surface area contributed by atoms with Crippen LogP contribution in [0.1, 0.15) is 19.4 Å². The summed E-state index contributed by atoms with van der Waals surface area (Å²) in [6, 6.07) is 12.5. The number of aromatic amines is 1. The lowest BCUT2D eigenvalue weighted by atomic mass is 10.0. The van der Waals surface area contributed by atoms with Crippen molar-refractivity contribution in [3.8, 4) is 11.1 Å². The van der Waals surface area contributed by atoms with Gasteiger partial charge in [-0.15, -0.1) is 10.2 Å². The molecule has 10 heteroatoms. The number of anilines is 1. The molecule has 0 unspecified atom stereocenters. The zero-order chi connectivity index (χ0) is 22.2. The van der Waals surface area contributed by atoms with Crippen LogP contribution in [-0.4, -0.2) is 51.8 Å². The molecule has 162 valence electrons. The molecule has 0 radical (unpaired) electrons. The Kier molecular flexibility index (Phi) is 7.26. The molecule has 0 spiro atoms. The number of amides is 2. The molecule has 1 fully saturated rings. The second-order valence-corrected chi connectivity index (χ2v) is 6.83. The Hall–Kier alpha value is -3.82. The minimum atomic E-state index is -0.542. The lowest BCUT2D eigenvalue weighted by Gasteiger charge is -2.14. The number of H-pyrrole nitrogens is 1. The third-order valence-corrected chi connectivity index (χ3v) is 4.66. The number of hydrogen-bond acceptors (Lipinski definition) is 6. The van der Waals surface area contributed by atoms with E-state index in [4.69, 9.17) is 4.74 Å². The van der Waals surface area contributed by atoms with E-state index in [0.29, 0.717) is 11.3 Å². The molecule has 3 aromatic rings. The highest BCUT2D eigenvalue weighted by Crippen LogP contribution is 2.29. The molecule has 0 saturated carbocycles. The fourth-order valence-electron chi connectivity index (χ4n) is 3.05. The van der Waals surface area contributed by atoms with E-state index in [-0.39, 0.29) is 19.0 Å². The first-order chi connectivity index (χ1) is 15.0. The van der Waals surface area contributed by atoms with Crippen molar-refractivity contribution < 1.29 is 18.7 Å². The van der Waals surface area contributed by atoms with E-state index in [1.807, 2.05) is 24.3 Å². The summed E-state index contributed by atoms with van der Waals surface area (Å²) in [4.78, 5) is 24.4. The van der Waals surface area contributed by atoms with Gasteiger partial charge in [-0.25, -0.2) is 9.18 Å². The van der Waals surface area contributed by atoms with Gasteiger partial charge in [0.25, 0.3) is 0 Å². The van der Waals surface area contributed by atoms with Crippen LogP contribution >= 0.6 is 0 Å². The minimum Gasteiger partial charge on any atom is -0.442 e. The molecule has 31 heavy (non-hydrogen) atoms. The van der Waals surface area contributed by atoms with Crippen LogP contribution in [-0.2, 0) is 16.0 Å². The van der Waals surface area contributed by atoms with Gasteiger partial charge in [0.05, 0.1) is 18.8 Å². The summed E-state index contributed by atoms with van der Waals surface area (Å²) in [5, 5.41) is 14.8. The number of carbonyl (C=O) groups excluding carboxylic acids is 2. The van der Waals surface area contributed by atoms with Crippen molar-refractivity contribution in [2.75, 3.05) is 18.0 Å². The Bertz CT molecular complexity index is 993. The molecule has 2 amide bonds. The largest absolute Gasteiger partial charge is 0.442 e. The number of nitrogens with zero attached hydrogens (tertiary/aromatic N) is 4. The maximum absolute atomic E-state index is 14.6. The average Bonchev–Trinajstić information content (AvgIpc) is 3.46. The molecular formula is C21H23FN6O3. The van der Waals surface area contributed by atoms with E-state index >= 15 is 0 Å². The van der Waals surface area contributed by atoms with Crippen LogP contribution in [0.15, 0.2) is 48.8 Å². The van der Waals surface area contributed by atoms with Crippen LogP contribution in [0.4, 0.5) is 14.9 Å². The number of benzene rings is 2. The summed E-state index contributed by atoms with van der Waals surface area (Å²) in [5.74, 6) is -0.589. The first-order valence-electron chi connectivity index (χ1n) is 9.75. The van der Waals surface area contributed by atoms with Crippen molar-refractivity contribution in [1.82, 2.24) is 25.9 Å².